The van der Waals surface area contributed by atoms with Crippen LogP contribution in [0.15, 0.2) is 54.6 Å². The second kappa shape index (κ2) is 10.5. The monoisotopic (exact) mass is 603 g/mol. The minimum Gasteiger partial charge on any atom is -0.482 e. The van der Waals surface area contributed by atoms with E-state index in [-0.39, 0.29) is 34.4 Å². The number of aromatic carboxylic acids is 1. The Morgan fingerprint density at radius 3 is 2.24 bits per heavy atom. The second-order valence-electron chi connectivity index (χ2n) is 9.21. The Morgan fingerprint density at radius 1 is 1.02 bits per heavy atom. The van der Waals surface area contributed by atoms with Gasteiger partial charge in [-0.15, -0.1) is 0 Å². The number of amides is 1. The molecule has 0 aliphatic carbocycles. The minimum atomic E-state index is -5.23. The van der Waals surface area contributed by atoms with E-state index in [1.807, 2.05) is 0 Å². The van der Waals surface area contributed by atoms with Crippen LogP contribution in [-0.2, 0) is 16.6 Å². The lowest BCUT2D eigenvalue weighted by molar-refractivity contribution is -0.274. The van der Waals surface area contributed by atoms with Gasteiger partial charge in [-0.25, -0.2) is 4.79 Å². The van der Waals surface area contributed by atoms with Crippen molar-refractivity contribution >= 4 is 29.2 Å². The number of rotatable bonds is 6. The van der Waals surface area contributed by atoms with E-state index in [9.17, 15) is 41.0 Å². The second-order valence-corrected chi connectivity index (χ2v) is 9.61. The van der Waals surface area contributed by atoms with Gasteiger partial charge < -0.3 is 24.6 Å². The molecule has 0 fully saturated rings. The largest absolute Gasteiger partial charge is 0.482 e. The molecule has 3 aromatic rings. The lowest BCUT2D eigenvalue weighted by atomic mass is 9.77. The molecule has 1 aliphatic heterocycles. The normalized spacial score (nSPS) is 16.0. The van der Waals surface area contributed by atoms with E-state index in [2.05, 4.69) is 0 Å². The van der Waals surface area contributed by atoms with Crippen LogP contribution in [0, 0.1) is 0 Å². The Hall–Kier alpha value is -3.97. The molecule has 2 atom stereocenters. The molecule has 7 nitrogen and oxygen atoms in total. The summed E-state index contributed by atoms with van der Waals surface area (Å²) in [5.41, 5.74) is -6.69. The summed E-state index contributed by atoms with van der Waals surface area (Å²) in [7, 11) is 1.35. The Labute approximate surface area is 233 Å². The van der Waals surface area contributed by atoms with E-state index >= 15 is 0 Å². The number of nitrogens with zero attached hydrogens (tertiary/aromatic N) is 1. The van der Waals surface area contributed by atoms with Crippen LogP contribution in [0.1, 0.15) is 39.9 Å². The van der Waals surface area contributed by atoms with Crippen molar-refractivity contribution in [3.05, 3.63) is 81.9 Å². The van der Waals surface area contributed by atoms with Gasteiger partial charge in [-0.1, -0.05) is 30.7 Å². The van der Waals surface area contributed by atoms with Crippen molar-refractivity contribution in [2.45, 2.75) is 30.8 Å². The molecule has 218 valence electrons. The van der Waals surface area contributed by atoms with Gasteiger partial charge in [0, 0.05) is 18.0 Å². The van der Waals surface area contributed by atoms with Gasteiger partial charge in [-0.3, -0.25) is 4.79 Å². The maximum atomic E-state index is 14.5. The minimum absolute atomic E-state index is 0.0237. The predicted molar refractivity (Wildman–Crippen MR) is 134 cm³/mol. The number of carbonyl (C=O) groups excluding carboxylic acids is 1. The zero-order valence-electron chi connectivity index (χ0n) is 21.1. The summed E-state index contributed by atoms with van der Waals surface area (Å²) >= 11 is 6.27. The number of ether oxygens (including phenoxy) is 2. The Kier molecular flexibility index (Phi) is 7.65. The quantitative estimate of drug-likeness (QED) is 0.302. The lowest BCUT2D eigenvalue weighted by Crippen LogP contribution is -2.47. The highest BCUT2D eigenvalue weighted by atomic mass is 35.5. The number of aliphatic hydroxyl groups is 1. The van der Waals surface area contributed by atoms with Gasteiger partial charge >= 0.3 is 18.3 Å². The molecule has 3 aromatic carbocycles. The van der Waals surface area contributed by atoms with Crippen molar-refractivity contribution < 1.29 is 55.6 Å². The first-order valence-corrected chi connectivity index (χ1v) is 12.1. The molecule has 1 aliphatic rings. The average Bonchev–Trinajstić information content (AvgIpc) is 2.88. The number of hydrogen-bond donors (Lipinski definition) is 2. The summed E-state index contributed by atoms with van der Waals surface area (Å²) in [6.07, 6.45) is -10.2. The van der Waals surface area contributed by atoms with E-state index in [1.54, 1.807) is 0 Å². The van der Waals surface area contributed by atoms with Gasteiger partial charge in [0.15, 0.2) is 12.2 Å². The molecule has 4 rings (SSSR count). The molecule has 1 amide bonds. The number of fused-ring (bicyclic) bond motifs is 1. The first kappa shape index (κ1) is 30.0. The van der Waals surface area contributed by atoms with Crippen LogP contribution in [0.5, 0.6) is 17.2 Å². The molecular formula is C27H20ClF6NO6. The SMILES string of the molecule is CC(c1ccc(Oc2ccc(C(=O)O)c(C(F)(F)F)c2)cc1Cl)C(O)(c1ccc2c(c1)N(C)C(=O)CO2)C(F)(F)F. The number of alkyl halides is 6. The number of hydrogen-bond acceptors (Lipinski definition) is 5. The molecule has 1 heterocycles. The van der Waals surface area contributed by atoms with Crippen molar-refractivity contribution in [1.82, 2.24) is 0 Å². The van der Waals surface area contributed by atoms with Crippen LogP contribution >= 0.6 is 11.6 Å². The molecule has 2 N–H and O–H groups in total. The third-order valence-electron chi connectivity index (χ3n) is 6.75. The molecule has 0 spiro atoms. The zero-order valence-corrected chi connectivity index (χ0v) is 21.9. The van der Waals surface area contributed by atoms with Crippen molar-refractivity contribution in [2.24, 2.45) is 0 Å². The molecular weight excluding hydrogens is 584 g/mol. The van der Waals surface area contributed by atoms with Crippen molar-refractivity contribution in [1.29, 1.82) is 0 Å². The number of halogens is 7. The molecule has 0 bridgehead atoms. The summed E-state index contributed by atoms with van der Waals surface area (Å²) < 4.78 is 94.1. The summed E-state index contributed by atoms with van der Waals surface area (Å²) in [4.78, 5) is 24.3. The number of likely N-dealkylation sites (N-methyl/N-ethyl adjacent to an activating group) is 1. The smallest absolute Gasteiger partial charge is 0.422 e. The van der Waals surface area contributed by atoms with Crippen molar-refractivity contribution in [3.63, 3.8) is 0 Å². The highest BCUT2D eigenvalue weighted by Crippen LogP contribution is 2.51. The molecule has 0 saturated heterocycles. The molecule has 0 aromatic heterocycles. The number of benzene rings is 3. The lowest BCUT2D eigenvalue weighted by Gasteiger charge is -2.38. The van der Waals surface area contributed by atoms with Crippen LogP contribution in [0.25, 0.3) is 0 Å². The summed E-state index contributed by atoms with van der Waals surface area (Å²) in [6.45, 7) is 0.786. The van der Waals surface area contributed by atoms with E-state index in [1.165, 1.54) is 13.1 Å². The third kappa shape index (κ3) is 5.51. The fourth-order valence-corrected chi connectivity index (χ4v) is 4.79. The Balaban J connectivity index is 1.70. The van der Waals surface area contributed by atoms with Gasteiger partial charge in [0.25, 0.3) is 5.91 Å². The summed E-state index contributed by atoms with van der Waals surface area (Å²) in [5.74, 6) is -4.44. The number of carbonyl (C=O) groups is 2. The van der Waals surface area contributed by atoms with E-state index in [0.717, 1.165) is 48.2 Å². The first-order chi connectivity index (χ1) is 18.9. The maximum Gasteiger partial charge on any atom is 0.422 e. The van der Waals surface area contributed by atoms with Crippen molar-refractivity contribution in [2.75, 3.05) is 18.6 Å². The van der Waals surface area contributed by atoms with E-state index in [4.69, 9.17) is 26.2 Å². The van der Waals surface area contributed by atoms with Gasteiger partial charge in [0.1, 0.15) is 17.2 Å². The number of anilines is 1. The highest BCUT2D eigenvalue weighted by molar-refractivity contribution is 6.31. The third-order valence-corrected chi connectivity index (χ3v) is 7.07. The number of carboxylic acids is 1. The predicted octanol–water partition coefficient (Wildman–Crippen LogP) is 6.76. The van der Waals surface area contributed by atoms with Gasteiger partial charge in [-0.05, 0) is 53.6 Å². The Bertz CT molecular complexity index is 1530. The molecule has 0 radical (unpaired) electrons. The zero-order chi connectivity index (χ0) is 30.5. The van der Waals surface area contributed by atoms with Gasteiger partial charge in [-0.2, -0.15) is 26.3 Å². The van der Waals surface area contributed by atoms with Crippen LogP contribution in [0.4, 0.5) is 32.0 Å². The molecule has 14 heteroatoms. The van der Waals surface area contributed by atoms with Crippen LogP contribution in [-0.4, -0.2) is 41.9 Å². The van der Waals surface area contributed by atoms with Gasteiger partial charge in [0.2, 0.25) is 0 Å². The topological polar surface area (TPSA) is 96.3 Å². The summed E-state index contributed by atoms with van der Waals surface area (Å²) in [5, 5.41) is 19.9. The highest BCUT2D eigenvalue weighted by Gasteiger charge is 2.59. The van der Waals surface area contributed by atoms with Gasteiger partial charge in [0.05, 0.1) is 16.8 Å². The van der Waals surface area contributed by atoms with Crippen molar-refractivity contribution in [3.8, 4) is 17.2 Å². The first-order valence-electron chi connectivity index (χ1n) is 11.7. The Morgan fingerprint density at radius 2 is 1.66 bits per heavy atom. The molecule has 2 unspecified atom stereocenters. The van der Waals surface area contributed by atoms with E-state index < -0.39 is 58.2 Å². The maximum absolute atomic E-state index is 14.5. The van der Waals surface area contributed by atoms with Crippen LogP contribution in [0.3, 0.4) is 0 Å². The molecule has 41 heavy (non-hydrogen) atoms. The number of carboxylic acid groups (broad SMARTS) is 1. The van der Waals surface area contributed by atoms with Crippen LogP contribution < -0.4 is 14.4 Å². The molecule has 0 saturated carbocycles. The van der Waals surface area contributed by atoms with Crippen LogP contribution in [0.2, 0.25) is 5.02 Å². The van der Waals surface area contributed by atoms with E-state index in [0.29, 0.717) is 12.1 Å². The average molecular weight is 604 g/mol. The fraction of sp³-hybridized carbons (Fsp3) is 0.259. The fourth-order valence-electron chi connectivity index (χ4n) is 4.46. The summed E-state index contributed by atoms with van der Waals surface area (Å²) in [6, 6.07) is 8.70. The standard InChI is InChI=1S/C27H20ClF6NO6/c1-13(25(39,27(32,33)34)14-3-8-22-21(9-14)35(2)23(36)12-40-22)17-6-4-16(11-20(17)28)41-15-5-7-18(24(37)38)19(10-15)26(29,30)31/h3-11,13,39H,12H2,1-2H3,(H,37,38).